The third-order valence-corrected chi connectivity index (χ3v) is 3.20. The quantitative estimate of drug-likeness (QED) is 0.851. The normalized spacial score (nSPS) is 12.5. The molecule has 4 nitrogen and oxygen atoms in total. The summed E-state index contributed by atoms with van der Waals surface area (Å²) < 4.78 is 0. The second kappa shape index (κ2) is 6.42. The molecule has 0 spiro atoms. The van der Waals surface area contributed by atoms with Crippen LogP contribution in [0.15, 0.2) is 30.0 Å². The number of thiazole rings is 1. The van der Waals surface area contributed by atoms with Gasteiger partial charge in [-0.15, -0.1) is 11.3 Å². The highest BCUT2D eigenvalue weighted by molar-refractivity contribution is 7.09. The highest BCUT2D eigenvalue weighted by Crippen LogP contribution is 2.16. The zero-order valence-corrected chi connectivity index (χ0v) is 10.7. The van der Waals surface area contributed by atoms with Crippen molar-refractivity contribution in [1.82, 2.24) is 20.3 Å². The summed E-state index contributed by atoms with van der Waals surface area (Å²) in [6.07, 6.45) is 7.35. The fourth-order valence-electron chi connectivity index (χ4n) is 1.59. The van der Waals surface area contributed by atoms with E-state index in [1.165, 1.54) is 0 Å². The molecule has 0 amide bonds. The number of nitrogens with zero attached hydrogens (tertiary/aromatic N) is 3. The van der Waals surface area contributed by atoms with Gasteiger partial charge in [-0.1, -0.05) is 6.92 Å². The molecule has 2 rings (SSSR count). The Labute approximate surface area is 105 Å². The van der Waals surface area contributed by atoms with Crippen molar-refractivity contribution < 1.29 is 0 Å². The van der Waals surface area contributed by atoms with Gasteiger partial charge in [0.2, 0.25) is 0 Å². The second-order valence-electron chi connectivity index (χ2n) is 3.74. The second-order valence-corrected chi connectivity index (χ2v) is 4.72. The minimum atomic E-state index is 0.155. The maximum Gasteiger partial charge on any atom is 0.145 e. The molecular formula is C12H16N4S. The molecule has 0 radical (unpaired) electrons. The fraction of sp³-hybridized carbons (Fsp3) is 0.417. The van der Waals surface area contributed by atoms with Gasteiger partial charge >= 0.3 is 0 Å². The van der Waals surface area contributed by atoms with Crippen molar-refractivity contribution in [2.45, 2.75) is 25.8 Å². The van der Waals surface area contributed by atoms with E-state index in [0.717, 1.165) is 30.2 Å². The maximum absolute atomic E-state index is 4.32. The summed E-state index contributed by atoms with van der Waals surface area (Å²) in [6, 6.07) is 1.99. The van der Waals surface area contributed by atoms with E-state index in [4.69, 9.17) is 0 Å². The van der Waals surface area contributed by atoms with Crippen LogP contribution in [0, 0.1) is 0 Å². The molecule has 1 unspecified atom stereocenters. The van der Waals surface area contributed by atoms with Crippen LogP contribution in [0.25, 0.3) is 0 Å². The Bertz CT molecular complexity index is 415. The van der Waals surface area contributed by atoms with Crippen molar-refractivity contribution in [3.63, 3.8) is 0 Å². The van der Waals surface area contributed by atoms with E-state index < -0.39 is 0 Å². The Morgan fingerprint density at radius 2 is 2.06 bits per heavy atom. The van der Waals surface area contributed by atoms with Crippen molar-refractivity contribution in [3.05, 3.63) is 40.9 Å². The third kappa shape index (κ3) is 3.57. The number of rotatable bonds is 6. The van der Waals surface area contributed by atoms with Gasteiger partial charge in [0.05, 0.1) is 11.0 Å². The minimum absolute atomic E-state index is 0.155. The first-order valence-corrected chi connectivity index (χ1v) is 6.66. The average molecular weight is 248 g/mol. The summed E-state index contributed by atoms with van der Waals surface area (Å²) in [5.74, 6) is 0.844. The maximum atomic E-state index is 4.32. The van der Waals surface area contributed by atoms with Crippen LogP contribution in [0.2, 0.25) is 0 Å². The van der Waals surface area contributed by atoms with Crippen LogP contribution in [0.3, 0.4) is 0 Å². The molecule has 0 aliphatic heterocycles. The largest absolute Gasteiger partial charge is 0.307 e. The molecule has 0 aliphatic carbocycles. The van der Waals surface area contributed by atoms with Gasteiger partial charge in [0.15, 0.2) is 0 Å². The molecule has 2 aromatic heterocycles. The summed E-state index contributed by atoms with van der Waals surface area (Å²) in [4.78, 5) is 12.9. The van der Waals surface area contributed by atoms with Gasteiger partial charge < -0.3 is 5.32 Å². The summed E-state index contributed by atoms with van der Waals surface area (Å²) in [5, 5.41) is 6.58. The Hall–Kier alpha value is -1.33. The predicted molar refractivity (Wildman–Crippen MR) is 68.9 cm³/mol. The monoisotopic (exact) mass is 248 g/mol. The molecule has 2 aromatic rings. The smallest absolute Gasteiger partial charge is 0.145 e. The van der Waals surface area contributed by atoms with Crippen molar-refractivity contribution in [1.29, 1.82) is 0 Å². The summed E-state index contributed by atoms with van der Waals surface area (Å²) in [6.45, 7) is 3.12. The van der Waals surface area contributed by atoms with Gasteiger partial charge in [-0.05, 0) is 19.0 Å². The van der Waals surface area contributed by atoms with Crippen molar-refractivity contribution in [2.75, 3.05) is 6.54 Å². The fourth-order valence-corrected chi connectivity index (χ4v) is 2.26. The molecule has 0 aliphatic rings. The molecule has 5 heteroatoms. The van der Waals surface area contributed by atoms with E-state index in [2.05, 4.69) is 27.2 Å². The minimum Gasteiger partial charge on any atom is -0.307 e. The first kappa shape index (κ1) is 12.1. The highest BCUT2D eigenvalue weighted by atomic mass is 32.1. The van der Waals surface area contributed by atoms with Crippen molar-refractivity contribution in [2.24, 2.45) is 0 Å². The first-order chi connectivity index (χ1) is 8.40. The number of hydrogen-bond acceptors (Lipinski definition) is 5. The lowest BCUT2D eigenvalue weighted by Gasteiger charge is -2.15. The summed E-state index contributed by atoms with van der Waals surface area (Å²) in [7, 11) is 0. The van der Waals surface area contributed by atoms with Crippen LogP contribution in [0.1, 0.15) is 30.2 Å². The zero-order chi connectivity index (χ0) is 11.9. The summed E-state index contributed by atoms with van der Waals surface area (Å²) >= 11 is 1.67. The molecular weight excluding hydrogens is 232 g/mol. The van der Waals surface area contributed by atoms with Crippen LogP contribution >= 0.6 is 11.3 Å². The first-order valence-electron chi connectivity index (χ1n) is 5.79. The number of hydrogen-bond donors (Lipinski definition) is 1. The Morgan fingerprint density at radius 1 is 1.24 bits per heavy atom. The molecule has 0 saturated heterocycles. The van der Waals surface area contributed by atoms with Crippen LogP contribution in [0.4, 0.5) is 0 Å². The molecule has 17 heavy (non-hydrogen) atoms. The molecule has 1 atom stereocenters. The van der Waals surface area contributed by atoms with Gasteiger partial charge in [-0.3, -0.25) is 0 Å². The lowest BCUT2D eigenvalue weighted by molar-refractivity contribution is 0.503. The van der Waals surface area contributed by atoms with Gasteiger partial charge in [0.25, 0.3) is 0 Å². The zero-order valence-electron chi connectivity index (χ0n) is 9.84. The van der Waals surface area contributed by atoms with Crippen molar-refractivity contribution in [3.8, 4) is 0 Å². The lowest BCUT2D eigenvalue weighted by atomic mass is 10.2. The van der Waals surface area contributed by atoms with Crippen LogP contribution in [0.5, 0.6) is 0 Å². The highest BCUT2D eigenvalue weighted by Gasteiger charge is 2.15. The van der Waals surface area contributed by atoms with Gasteiger partial charge in [0, 0.05) is 30.4 Å². The molecule has 1 N–H and O–H groups in total. The number of aromatic nitrogens is 3. The van der Waals surface area contributed by atoms with E-state index in [0.29, 0.717) is 0 Å². The lowest BCUT2D eigenvalue weighted by Crippen LogP contribution is -2.25. The van der Waals surface area contributed by atoms with E-state index in [1.807, 2.05) is 17.6 Å². The Morgan fingerprint density at radius 3 is 2.71 bits per heavy atom. The third-order valence-electron chi connectivity index (χ3n) is 2.40. The van der Waals surface area contributed by atoms with E-state index >= 15 is 0 Å². The van der Waals surface area contributed by atoms with Crippen LogP contribution < -0.4 is 5.32 Å². The van der Waals surface area contributed by atoms with E-state index in [-0.39, 0.29) is 6.04 Å². The molecule has 0 saturated carbocycles. The average Bonchev–Trinajstić information content (AvgIpc) is 2.88. The van der Waals surface area contributed by atoms with Gasteiger partial charge in [-0.25, -0.2) is 15.0 Å². The molecule has 0 bridgehead atoms. The molecule has 2 heterocycles. The summed E-state index contributed by atoms with van der Waals surface area (Å²) in [5.41, 5.74) is 0. The van der Waals surface area contributed by atoms with Gasteiger partial charge in [0.1, 0.15) is 5.82 Å². The number of nitrogens with one attached hydrogen (secondary N) is 1. The molecule has 90 valence electrons. The van der Waals surface area contributed by atoms with Gasteiger partial charge in [-0.2, -0.15) is 0 Å². The predicted octanol–water partition coefficient (Wildman–Crippen LogP) is 2.22. The molecule has 0 fully saturated rings. The molecule has 0 aromatic carbocycles. The topological polar surface area (TPSA) is 50.7 Å². The van der Waals surface area contributed by atoms with Crippen molar-refractivity contribution >= 4 is 11.3 Å². The standard InChI is InChI=1S/C12H16N4S/c1-2-4-13-10(9-11-14-7-8-17-11)12-15-5-3-6-16-12/h3,5-8,10,13H,2,4,9H2,1H3. The van der Waals surface area contributed by atoms with E-state index in [9.17, 15) is 0 Å². The van der Waals surface area contributed by atoms with Crippen LogP contribution in [-0.4, -0.2) is 21.5 Å². The SMILES string of the molecule is CCCNC(Cc1nccs1)c1ncccn1. The van der Waals surface area contributed by atoms with E-state index in [1.54, 1.807) is 23.7 Å². The van der Waals surface area contributed by atoms with Crippen LogP contribution in [-0.2, 0) is 6.42 Å². The Kier molecular flexibility index (Phi) is 4.58. The Balaban J connectivity index is 2.08.